The van der Waals surface area contributed by atoms with Crippen LogP contribution < -0.4 is 5.32 Å². The van der Waals surface area contributed by atoms with Crippen LogP contribution in [-0.4, -0.2) is 72.1 Å². The van der Waals surface area contributed by atoms with Gasteiger partial charge in [-0.3, -0.25) is 14.9 Å². The average Bonchev–Trinajstić information content (AvgIpc) is 3.07. The molecule has 1 aromatic carbocycles. The third-order valence-electron chi connectivity index (χ3n) is 5.09. The van der Waals surface area contributed by atoms with Crippen LogP contribution in [0.4, 0.5) is 10.6 Å². The summed E-state index contributed by atoms with van der Waals surface area (Å²) in [7, 11) is 1.71. The van der Waals surface area contributed by atoms with Gasteiger partial charge >= 0.3 is 6.03 Å². The number of urea groups is 1. The topological polar surface area (TPSA) is 62.6 Å². The van der Waals surface area contributed by atoms with E-state index in [4.69, 9.17) is 4.74 Å². The monoisotopic (exact) mass is 371 g/mol. The summed E-state index contributed by atoms with van der Waals surface area (Å²) in [6.45, 7) is 8.89. The number of methoxy groups -OCH3 is 1. The van der Waals surface area contributed by atoms with Gasteiger partial charge < -0.3 is 9.64 Å². The van der Waals surface area contributed by atoms with Crippen molar-refractivity contribution in [1.29, 1.82) is 0 Å². The van der Waals surface area contributed by atoms with E-state index in [0.717, 1.165) is 44.9 Å². The van der Waals surface area contributed by atoms with Gasteiger partial charge in [0.2, 0.25) is 0 Å². The molecule has 7 heteroatoms. The largest absolute Gasteiger partial charge is 0.383 e. The van der Waals surface area contributed by atoms with Crippen molar-refractivity contribution >= 4 is 11.8 Å². The van der Waals surface area contributed by atoms with Crippen molar-refractivity contribution in [1.82, 2.24) is 19.6 Å². The quantitative estimate of drug-likeness (QED) is 0.848. The molecule has 2 heterocycles. The van der Waals surface area contributed by atoms with Gasteiger partial charge in [-0.25, -0.2) is 4.79 Å². The molecule has 0 bridgehead atoms. The van der Waals surface area contributed by atoms with Crippen LogP contribution in [0.2, 0.25) is 0 Å². The molecule has 146 valence electrons. The van der Waals surface area contributed by atoms with Crippen LogP contribution in [-0.2, 0) is 4.74 Å². The maximum atomic E-state index is 12.6. The van der Waals surface area contributed by atoms with Crippen molar-refractivity contribution in [3.8, 4) is 0 Å². The number of benzene rings is 1. The summed E-state index contributed by atoms with van der Waals surface area (Å²) in [4.78, 5) is 16.8. The molecule has 7 nitrogen and oxygen atoms in total. The van der Waals surface area contributed by atoms with Crippen molar-refractivity contribution in [2.24, 2.45) is 0 Å². The molecule has 27 heavy (non-hydrogen) atoms. The number of amides is 2. The predicted octanol–water partition coefficient (Wildman–Crippen LogP) is 2.60. The zero-order valence-electron chi connectivity index (χ0n) is 16.4. The SMILES string of the molecule is COCCN1CCN(C(=O)Nc2nn(C(C)c3ccccc3)cc2C)CC1. The van der Waals surface area contributed by atoms with E-state index < -0.39 is 0 Å². The van der Waals surface area contributed by atoms with Crippen LogP contribution in [0.5, 0.6) is 0 Å². The van der Waals surface area contributed by atoms with Gasteiger partial charge in [-0.2, -0.15) is 5.10 Å². The number of carbonyl (C=O) groups is 1. The summed E-state index contributed by atoms with van der Waals surface area (Å²) in [6, 6.07) is 10.3. The van der Waals surface area contributed by atoms with Gasteiger partial charge in [0.1, 0.15) is 0 Å². The van der Waals surface area contributed by atoms with E-state index >= 15 is 0 Å². The number of aromatic nitrogens is 2. The van der Waals surface area contributed by atoms with Crippen molar-refractivity contribution < 1.29 is 9.53 Å². The zero-order valence-corrected chi connectivity index (χ0v) is 16.4. The zero-order chi connectivity index (χ0) is 19.2. The first-order valence-corrected chi connectivity index (χ1v) is 9.46. The van der Waals surface area contributed by atoms with Gasteiger partial charge in [0.15, 0.2) is 5.82 Å². The van der Waals surface area contributed by atoms with E-state index in [9.17, 15) is 4.79 Å². The molecular weight excluding hydrogens is 342 g/mol. The number of anilines is 1. The van der Waals surface area contributed by atoms with Crippen LogP contribution >= 0.6 is 0 Å². The predicted molar refractivity (Wildman–Crippen MR) is 106 cm³/mol. The first-order valence-electron chi connectivity index (χ1n) is 9.46. The molecule has 1 aromatic heterocycles. The van der Waals surface area contributed by atoms with Crippen LogP contribution in [0, 0.1) is 6.92 Å². The summed E-state index contributed by atoms with van der Waals surface area (Å²) < 4.78 is 7.03. The molecule has 3 rings (SSSR count). The fourth-order valence-corrected chi connectivity index (χ4v) is 3.26. The van der Waals surface area contributed by atoms with E-state index in [0.29, 0.717) is 5.82 Å². The minimum absolute atomic E-state index is 0.0814. The molecule has 0 radical (unpaired) electrons. The second kappa shape index (κ2) is 9.01. The minimum Gasteiger partial charge on any atom is -0.383 e. The average molecular weight is 371 g/mol. The lowest BCUT2D eigenvalue weighted by atomic mass is 10.1. The number of rotatable bonds is 6. The number of ether oxygens (including phenoxy) is 1. The summed E-state index contributed by atoms with van der Waals surface area (Å²) in [5.41, 5.74) is 2.15. The number of nitrogens with one attached hydrogen (secondary N) is 1. The molecular formula is C20H29N5O2. The Bertz CT molecular complexity index is 738. The molecule has 1 saturated heterocycles. The van der Waals surface area contributed by atoms with E-state index in [1.54, 1.807) is 7.11 Å². The molecule has 2 aromatic rings. The van der Waals surface area contributed by atoms with E-state index in [-0.39, 0.29) is 12.1 Å². The molecule has 0 aliphatic carbocycles. The van der Waals surface area contributed by atoms with E-state index in [2.05, 4.69) is 34.4 Å². The van der Waals surface area contributed by atoms with E-state index in [1.165, 1.54) is 5.56 Å². The van der Waals surface area contributed by atoms with Crippen LogP contribution in [0.1, 0.15) is 24.1 Å². The van der Waals surface area contributed by atoms with Crippen molar-refractivity contribution in [3.05, 3.63) is 47.7 Å². The second-order valence-electron chi connectivity index (χ2n) is 6.98. The maximum absolute atomic E-state index is 12.6. The molecule has 2 amide bonds. The normalized spacial score (nSPS) is 16.3. The number of aryl methyl sites for hydroxylation is 1. The lowest BCUT2D eigenvalue weighted by Gasteiger charge is -2.34. The van der Waals surface area contributed by atoms with Gasteiger partial charge in [0.25, 0.3) is 0 Å². The summed E-state index contributed by atoms with van der Waals surface area (Å²) in [6.07, 6.45) is 1.98. The summed E-state index contributed by atoms with van der Waals surface area (Å²) in [5, 5.41) is 7.58. The molecule has 0 spiro atoms. The van der Waals surface area contributed by atoms with E-state index in [1.807, 2.05) is 40.9 Å². The highest BCUT2D eigenvalue weighted by Crippen LogP contribution is 2.21. The van der Waals surface area contributed by atoms with Crippen LogP contribution in [0.25, 0.3) is 0 Å². The van der Waals surface area contributed by atoms with Gasteiger partial charge in [-0.05, 0) is 19.4 Å². The summed E-state index contributed by atoms with van der Waals surface area (Å²) in [5.74, 6) is 0.629. The fraction of sp³-hybridized carbons (Fsp3) is 0.500. The van der Waals surface area contributed by atoms with Crippen molar-refractivity contribution in [3.63, 3.8) is 0 Å². The highest BCUT2D eigenvalue weighted by molar-refractivity contribution is 5.89. The van der Waals surface area contributed by atoms with Crippen LogP contribution in [0.15, 0.2) is 36.5 Å². The van der Waals surface area contributed by atoms with Gasteiger partial charge in [0, 0.05) is 51.6 Å². The lowest BCUT2D eigenvalue weighted by Crippen LogP contribution is -2.50. The number of piperazine rings is 1. The number of hydrogen-bond acceptors (Lipinski definition) is 4. The number of carbonyl (C=O) groups excluding carboxylic acids is 1. The lowest BCUT2D eigenvalue weighted by molar-refractivity contribution is 0.109. The molecule has 1 N–H and O–H groups in total. The Morgan fingerprint density at radius 3 is 2.59 bits per heavy atom. The number of hydrogen-bond donors (Lipinski definition) is 1. The minimum atomic E-state index is -0.0814. The van der Waals surface area contributed by atoms with Gasteiger partial charge in [0.05, 0.1) is 12.6 Å². The van der Waals surface area contributed by atoms with Crippen LogP contribution in [0.3, 0.4) is 0 Å². The maximum Gasteiger partial charge on any atom is 0.323 e. The smallest absolute Gasteiger partial charge is 0.323 e. The molecule has 1 unspecified atom stereocenters. The van der Waals surface area contributed by atoms with Gasteiger partial charge in [-0.1, -0.05) is 30.3 Å². The molecule has 1 fully saturated rings. The molecule has 0 saturated carbocycles. The number of nitrogens with zero attached hydrogens (tertiary/aromatic N) is 4. The first-order chi connectivity index (χ1) is 13.1. The fourth-order valence-electron chi connectivity index (χ4n) is 3.26. The Balaban J connectivity index is 1.58. The standard InChI is InChI=1S/C20H29N5O2/c1-16-15-25(17(2)18-7-5-4-6-8-18)22-19(16)21-20(26)24-11-9-23(10-12-24)13-14-27-3/h4-8,15,17H,9-14H2,1-3H3,(H,21,22,26). The highest BCUT2D eigenvalue weighted by Gasteiger charge is 2.22. The third kappa shape index (κ3) is 4.87. The van der Waals surface area contributed by atoms with Crippen molar-refractivity contribution in [2.75, 3.05) is 51.8 Å². The Labute approximate surface area is 160 Å². The Hall–Kier alpha value is -2.38. The van der Waals surface area contributed by atoms with Crippen molar-refractivity contribution in [2.45, 2.75) is 19.9 Å². The Kier molecular flexibility index (Phi) is 6.47. The highest BCUT2D eigenvalue weighted by atomic mass is 16.5. The molecule has 1 aliphatic rings. The Morgan fingerprint density at radius 2 is 1.93 bits per heavy atom. The molecule has 1 atom stereocenters. The first kappa shape index (κ1) is 19.4. The second-order valence-corrected chi connectivity index (χ2v) is 6.98. The van der Waals surface area contributed by atoms with Gasteiger partial charge in [-0.15, -0.1) is 0 Å². The third-order valence-corrected chi connectivity index (χ3v) is 5.09. The molecule has 1 aliphatic heterocycles. The Morgan fingerprint density at radius 1 is 1.22 bits per heavy atom. The summed E-state index contributed by atoms with van der Waals surface area (Å²) >= 11 is 0.